The Balaban J connectivity index is 2.72. The zero-order valence-electron chi connectivity index (χ0n) is 8.00. The summed E-state index contributed by atoms with van der Waals surface area (Å²) in [6, 6.07) is 5.58. The topological polar surface area (TPSA) is 38.9 Å². The van der Waals surface area contributed by atoms with E-state index in [4.69, 9.17) is 28.9 Å². The van der Waals surface area contributed by atoms with Gasteiger partial charge in [-0.25, -0.2) is 0 Å². The monoisotopic (exact) mass is 240 g/mol. The van der Waals surface area contributed by atoms with E-state index >= 15 is 0 Å². The molecule has 1 aromatic carbocycles. The van der Waals surface area contributed by atoms with Crippen molar-refractivity contribution in [3.05, 3.63) is 40.1 Å². The summed E-state index contributed by atoms with van der Waals surface area (Å²) in [4.78, 5) is 4.29. The third kappa shape index (κ3) is 1.93. The van der Waals surface area contributed by atoms with E-state index in [9.17, 15) is 0 Å². The number of aromatic nitrogens is 1. The maximum Gasteiger partial charge on any atom is 0.0671 e. The molecular formula is C11H10Cl2N2. The number of hydrogen-bond donors (Lipinski definition) is 1. The molecule has 0 saturated carbocycles. The zero-order valence-corrected chi connectivity index (χ0v) is 9.52. The van der Waals surface area contributed by atoms with Gasteiger partial charge in [0.15, 0.2) is 0 Å². The first-order valence-electron chi connectivity index (χ1n) is 4.65. The van der Waals surface area contributed by atoms with Crippen molar-refractivity contribution in [2.24, 2.45) is 5.73 Å². The number of fused-ring (bicyclic) bond motifs is 1. The van der Waals surface area contributed by atoms with Gasteiger partial charge in [-0.1, -0.05) is 29.3 Å². The Kier molecular flexibility index (Phi) is 3.10. The van der Waals surface area contributed by atoms with Crippen LogP contribution in [0.5, 0.6) is 0 Å². The summed E-state index contributed by atoms with van der Waals surface area (Å²) >= 11 is 12.0. The Morgan fingerprint density at radius 1 is 1.13 bits per heavy atom. The number of pyridine rings is 1. The number of benzene rings is 1. The van der Waals surface area contributed by atoms with E-state index in [0.717, 1.165) is 22.9 Å². The predicted molar refractivity (Wildman–Crippen MR) is 64.5 cm³/mol. The first kappa shape index (κ1) is 10.7. The van der Waals surface area contributed by atoms with Crippen molar-refractivity contribution in [2.75, 3.05) is 6.54 Å². The maximum absolute atomic E-state index is 6.11. The number of nitrogens with two attached hydrogens (primary N) is 1. The minimum Gasteiger partial charge on any atom is -0.330 e. The van der Waals surface area contributed by atoms with Gasteiger partial charge in [-0.05, 0) is 18.7 Å². The van der Waals surface area contributed by atoms with E-state index in [1.807, 2.05) is 12.1 Å². The van der Waals surface area contributed by atoms with Crippen LogP contribution in [0.4, 0.5) is 0 Å². The lowest BCUT2D eigenvalue weighted by molar-refractivity contribution is 0.935. The molecule has 1 aromatic heterocycles. The average Bonchev–Trinajstić information content (AvgIpc) is 2.25. The highest BCUT2D eigenvalue weighted by Gasteiger charge is 2.07. The molecule has 0 radical (unpaired) electrons. The van der Waals surface area contributed by atoms with Gasteiger partial charge in [-0.3, -0.25) is 4.98 Å². The van der Waals surface area contributed by atoms with Crippen LogP contribution >= 0.6 is 23.2 Å². The first-order chi connectivity index (χ1) is 7.24. The Bertz CT molecular complexity index is 497. The van der Waals surface area contributed by atoms with E-state index < -0.39 is 0 Å². The van der Waals surface area contributed by atoms with E-state index in [1.54, 1.807) is 12.3 Å². The summed E-state index contributed by atoms with van der Waals surface area (Å²) in [7, 11) is 0. The van der Waals surface area contributed by atoms with Crippen LogP contribution in [0.15, 0.2) is 24.4 Å². The molecule has 2 nitrogen and oxygen atoms in total. The summed E-state index contributed by atoms with van der Waals surface area (Å²) < 4.78 is 0. The van der Waals surface area contributed by atoms with Gasteiger partial charge in [0, 0.05) is 29.1 Å². The molecule has 0 aliphatic carbocycles. The highest BCUT2D eigenvalue weighted by molar-refractivity contribution is 6.45. The summed E-state index contributed by atoms with van der Waals surface area (Å²) in [6.45, 7) is 0.576. The predicted octanol–water partition coefficient (Wildman–Crippen LogP) is 3.04. The highest BCUT2D eigenvalue weighted by atomic mass is 35.5. The SMILES string of the molecule is NCCc1nccc2c(Cl)c(Cl)ccc12. The molecule has 2 rings (SSSR count). The molecule has 0 aliphatic rings. The number of nitrogens with zero attached hydrogens (tertiary/aromatic N) is 1. The van der Waals surface area contributed by atoms with Crippen LogP contribution in [-0.2, 0) is 6.42 Å². The molecule has 2 aromatic rings. The summed E-state index contributed by atoms with van der Waals surface area (Å²) in [6.07, 6.45) is 2.48. The Morgan fingerprint density at radius 3 is 2.67 bits per heavy atom. The molecule has 1 heterocycles. The van der Waals surface area contributed by atoms with Crippen molar-refractivity contribution < 1.29 is 0 Å². The number of rotatable bonds is 2. The Labute approximate surface area is 98.0 Å². The van der Waals surface area contributed by atoms with Crippen LogP contribution < -0.4 is 5.73 Å². The fourth-order valence-electron chi connectivity index (χ4n) is 1.59. The van der Waals surface area contributed by atoms with Crippen molar-refractivity contribution in [3.8, 4) is 0 Å². The third-order valence-corrected chi connectivity index (χ3v) is 3.12. The van der Waals surface area contributed by atoms with Gasteiger partial charge in [-0.15, -0.1) is 0 Å². The van der Waals surface area contributed by atoms with Gasteiger partial charge in [0.2, 0.25) is 0 Å². The van der Waals surface area contributed by atoms with Crippen LogP contribution in [0, 0.1) is 0 Å². The summed E-state index contributed by atoms with van der Waals surface area (Å²) in [5.74, 6) is 0. The van der Waals surface area contributed by atoms with Crippen LogP contribution in [0.25, 0.3) is 10.8 Å². The van der Waals surface area contributed by atoms with Crippen molar-refractivity contribution >= 4 is 34.0 Å². The van der Waals surface area contributed by atoms with Crippen molar-refractivity contribution in [3.63, 3.8) is 0 Å². The lowest BCUT2D eigenvalue weighted by Gasteiger charge is -2.06. The molecule has 78 valence electrons. The van der Waals surface area contributed by atoms with Crippen molar-refractivity contribution in [1.82, 2.24) is 4.98 Å². The smallest absolute Gasteiger partial charge is 0.0671 e. The molecule has 0 atom stereocenters. The van der Waals surface area contributed by atoms with E-state index in [1.165, 1.54) is 0 Å². The standard InChI is InChI=1S/C11H10Cl2N2/c12-9-2-1-7-8(11(9)13)4-6-15-10(7)3-5-14/h1-2,4,6H,3,5,14H2. The van der Waals surface area contributed by atoms with Gasteiger partial charge < -0.3 is 5.73 Å². The van der Waals surface area contributed by atoms with Crippen LogP contribution in [0.2, 0.25) is 10.0 Å². The van der Waals surface area contributed by atoms with Crippen LogP contribution in [-0.4, -0.2) is 11.5 Å². The molecule has 0 fully saturated rings. The van der Waals surface area contributed by atoms with Gasteiger partial charge in [0.1, 0.15) is 0 Å². The van der Waals surface area contributed by atoms with E-state index in [2.05, 4.69) is 4.98 Å². The zero-order chi connectivity index (χ0) is 10.8. The fraction of sp³-hybridized carbons (Fsp3) is 0.182. The second kappa shape index (κ2) is 4.35. The van der Waals surface area contributed by atoms with Gasteiger partial charge in [0.25, 0.3) is 0 Å². The van der Waals surface area contributed by atoms with E-state index in [-0.39, 0.29) is 0 Å². The molecule has 0 aliphatic heterocycles. The number of hydrogen-bond acceptors (Lipinski definition) is 2. The lowest BCUT2D eigenvalue weighted by atomic mass is 10.1. The normalized spacial score (nSPS) is 10.9. The van der Waals surface area contributed by atoms with Crippen LogP contribution in [0.3, 0.4) is 0 Å². The molecule has 15 heavy (non-hydrogen) atoms. The molecule has 0 amide bonds. The van der Waals surface area contributed by atoms with E-state index in [0.29, 0.717) is 16.6 Å². The van der Waals surface area contributed by atoms with Crippen molar-refractivity contribution in [2.45, 2.75) is 6.42 Å². The summed E-state index contributed by atoms with van der Waals surface area (Å²) in [5.41, 5.74) is 6.49. The minimum absolute atomic E-state index is 0.564. The highest BCUT2D eigenvalue weighted by Crippen LogP contribution is 2.31. The largest absolute Gasteiger partial charge is 0.330 e. The third-order valence-electron chi connectivity index (χ3n) is 2.30. The Morgan fingerprint density at radius 2 is 1.93 bits per heavy atom. The average molecular weight is 241 g/mol. The molecule has 0 unspecified atom stereocenters. The quantitative estimate of drug-likeness (QED) is 0.877. The lowest BCUT2D eigenvalue weighted by Crippen LogP contribution is -2.04. The first-order valence-corrected chi connectivity index (χ1v) is 5.41. The van der Waals surface area contributed by atoms with Gasteiger partial charge in [-0.2, -0.15) is 0 Å². The molecule has 2 N–H and O–H groups in total. The van der Waals surface area contributed by atoms with Gasteiger partial charge in [0.05, 0.1) is 10.0 Å². The second-order valence-corrected chi connectivity index (χ2v) is 4.04. The minimum atomic E-state index is 0.564. The molecule has 0 bridgehead atoms. The fourth-order valence-corrected chi connectivity index (χ4v) is 1.98. The summed E-state index contributed by atoms with van der Waals surface area (Å²) in [5, 5.41) is 3.10. The van der Waals surface area contributed by atoms with Crippen LogP contribution in [0.1, 0.15) is 5.69 Å². The molecule has 4 heteroatoms. The second-order valence-electron chi connectivity index (χ2n) is 3.25. The molecular weight excluding hydrogens is 231 g/mol. The van der Waals surface area contributed by atoms with Gasteiger partial charge >= 0.3 is 0 Å². The number of halogens is 2. The maximum atomic E-state index is 6.11. The molecule has 0 saturated heterocycles. The molecule has 0 spiro atoms. The van der Waals surface area contributed by atoms with Crippen molar-refractivity contribution in [1.29, 1.82) is 0 Å². The Hall–Kier alpha value is -0.830.